The summed E-state index contributed by atoms with van der Waals surface area (Å²) >= 11 is 1.34. The fraction of sp³-hybridized carbons (Fsp3) is 0.545. The number of nitrogens with zero attached hydrogens (tertiary/aromatic N) is 1. The number of carbonyl (C=O) groups excluding carboxylic acids is 1. The summed E-state index contributed by atoms with van der Waals surface area (Å²) in [6, 6.07) is 1.76. The van der Waals surface area contributed by atoms with Crippen molar-refractivity contribution in [2.75, 3.05) is 35.2 Å². The molecule has 18 heavy (non-hydrogen) atoms. The molecule has 0 saturated carbocycles. The van der Waals surface area contributed by atoms with E-state index in [1.165, 1.54) is 18.3 Å². The Kier molecular flexibility index (Phi) is 3.63. The molecule has 0 aliphatic carbocycles. The van der Waals surface area contributed by atoms with Crippen molar-refractivity contribution in [2.45, 2.75) is 13.3 Å². The van der Waals surface area contributed by atoms with Gasteiger partial charge in [-0.25, -0.2) is 8.42 Å². The van der Waals surface area contributed by atoms with Gasteiger partial charge in [0.15, 0.2) is 15.6 Å². The summed E-state index contributed by atoms with van der Waals surface area (Å²) in [6.45, 7) is 2.65. The largest absolute Gasteiger partial charge is 0.397 e. The van der Waals surface area contributed by atoms with Crippen LogP contribution in [0.5, 0.6) is 0 Å². The first-order chi connectivity index (χ1) is 8.39. The van der Waals surface area contributed by atoms with Crippen LogP contribution in [0.15, 0.2) is 6.07 Å². The second kappa shape index (κ2) is 4.89. The van der Waals surface area contributed by atoms with Gasteiger partial charge < -0.3 is 10.6 Å². The Hall–Kier alpha value is -1.08. The van der Waals surface area contributed by atoms with Crippen molar-refractivity contribution in [1.82, 2.24) is 0 Å². The van der Waals surface area contributed by atoms with Gasteiger partial charge in [-0.05, 0) is 12.5 Å². The van der Waals surface area contributed by atoms with E-state index in [2.05, 4.69) is 0 Å². The van der Waals surface area contributed by atoms with Crippen LogP contribution in [0.4, 0.5) is 10.7 Å². The third-order valence-electron chi connectivity index (χ3n) is 2.93. The Morgan fingerprint density at radius 1 is 1.39 bits per heavy atom. The van der Waals surface area contributed by atoms with Crippen molar-refractivity contribution in [3.8, 4) is 0 Å². The zero-order chi connectivity index (χ0) is 13.3. The standard InChI is InChI=1S/C11H16N2O3S2/c1-8(14)11-9(12)7-10(17-11)13-3-2-5-18(15,16)6-4-13/h7H,2-6,12H2,1H3. The Morgan fingerprint density at radius 2 is 2.11 bits per heavy atom. The highest BCUT2D eigenvalue weighted by atomic mass is 32.2. The van der Waals surface area contributed by atoms with Gasteiger partial charge in [0.1, 0.15) is 0 Å². The Bertz CT molecular complexity index is 563. The van der Waals surface area contributed by atoms with Gasteiger partial charge in [-0.3, -0.25) is 4.79 Å². The maximum atomic E-state index is 11.5. The van der Waals surface area contributed by atoms with Crippen LogP contribution in [0.1, 0.15) is 23.0 Å². The fourth-order valence-corrected chi connectivity index (χ4v) is 4.28. The highest BCUT2D eigenvalue weighted by molar-refractivity contribution is 7.91. The van der Waals surface area contributed by atoms with Crippen molar-refractivity contribution < 1.29 is 13.2 Å². The van der Waals surface area contributed by atoms with Crippen LogP contribution >= 0.6 is 11.3 Å². The number of rotatable bonds is 2. The van der Waals surface area contributed by atoms with E-state index in [1.807, 2.05) is 4.90 Å². The van der Waals surface area contributed by atoms with Gasteiger partial charge in [-0.15, -0.1) is 11.3 Å². The number of nitrogens with two attached hydrogens (primary N) is 1. The van der Waals surface area contributed by atoms with Crippen LogP contribution in [-0.4, -0.2) is 38.8 Å². The number of ketones is 1. The van der Waals surface area contributed by atoms with Crippen molar-refractivity contribution in [3.63, 3.8) is 0 Å². The van der Waals surface area contributed by atoms with Crippen LogP contribution in [0.3, 0.4) is 0 Å². The molecule has 0 bridgehead atoms. The quantitative estimate of drug-likeness (QED) is 0.826. The molecule has 7 heteroatoms. The number of nitrogen functional groups attached to an aromatic ring is 1. The smallest absolute Gasteiger partial charge is 0.171 e. The predicted molar refractivity (Wildman–Crippen MR) is 74.2 cm³/mol. The van der Waals surface area contributed by atoms with E-state index < -0.39 is 9.84 Å². The van der Waals surface area contributed by atoms with E-state index in [-0.39, 0.29) is 17.3 Å². The lowest BCUT2D eigenvalue weighted by Gasteiger charge is -2.19. The monoisotopic (exact) mass is 288 g/mol. The second-order valence-corrected chi connectivity index (χ2v) is 7.75. The Labute approximate surface area is 111 Å². The maximum Gasteiger partial charge on any atom is 0.171 e. The lowest BCUT2D eigenvalue weighted by Crippen LogP contribution is -2.25. The molecule has 1 fully saturated rings. The highest BCUT2D eigenvalue weighted by Gasteiger charge is 2.21. The molecule has 2 heterocycles. The summed E-state index contributed by atoms with van der Waals surface area (Å²) in [5.41, 5.74) is 6.27. The van der Waals surface area contributed by atoms with Crippen molar-refractivity contribution in [3.05, 3.63) is 10.9 Å². The molecule has 100 valence electrons. The number of hydrogen-bond donors (Lipinski definition) is 1. The summed E-state index contributed by atoms with van der Waals surface area (Å²) in [5, 5.41) is 0.884. The minimum Gasteiger partial charge on any atom is -0.397 e. The molecule has 0 radical (unpaired) electrons. The summed E-state index contributed by atoms with van der Waals surface area (Å²) in [5.74, 6) is 0.357. The first-order valence-electron chi connectivity index (χ1n) is 5.75. The second-order valence-electron chi connectivity index (χ2n) is 4.42. The van der Waals surface area contributed by atoms with E-state index in [0.29, 0.717) is 30.1 Å². The van der Waals surface area contributed by atoms with Gasteiger partial charge in [0.25, 0.3) is 0 Å². The first kappa shape index (κ1) is 13.4. The molecule has 5 nitrogen and oxygen atoms in total. The van der Waals surface area contributed by atoms with Crippen molar-refractivity contribution >= 4 is 37.6 Å². The molecule has 0 atom stereocenters. The lowest BCUT2D eigenvalue weighted by atomic mass is 10.3. The average Bonchev–Trinajstić information content (AvgIpc) is 2.55. The van der Waals surface area contributed by atoms with E-state index in [1.54, 1.807) is 6.07 Å². The normalized spacial score (nSPS) is 19.5. The number of hydrogen-bond acceptors (Lipinski definition) is 6. The zero-order valence-corrected chi connectivity index (χ0v) is 11.8. The van der Waals surface area contributed by atoms with Crippen molar-refractivity contribution in [2.24, 2.45) is 0 Å². The fourth-order valence-electron chi connectivity index (χ4n) is 1.98. The molecule has 0 amide bonds. The van der Waals surface area contributed by atoms with Crippen LogP contribution in [0.25, 0.3) is 0 Å². The SMILES string of the molecule is CC(=O)c1sc(N2CCCS(=O)(=O)CC2)cc1N. The molecule has 1 aliphatic rings. The number of sulfone groups is 1. The third-order valence-corrected chi connectivity index (χ3v) is 5.96. The molecule has 2 N–H and O–H groups in total. The summed E-state index contributed by atoms with van der Waals surface area (Å²) < 4.78 is 23.1. The lowest BCUT2D eigenvalue weighted by molar-refractivity contribution is 0.102. The van der Waals surface area contributed by atoms with Gasteiger partial charge in [0.05, 0.1) is 27.1 Å². The van der Waals surface area contributed by atoms with Gasteiger partial charge in [0, 0.05) is 20.0 Å². The number of Topliss-reactive ketones (excluding diaryl/α,β-unsaturated/α-hetero) is 1. The van der Waals surface area contributed by atoms with Gasteiger partial charge in [-0.2, -0.15) is 0 Å². The van der Waals surface area contributed by atoms with Crippen LogP contribution < -0.4 is 10.6 Å². The molecular formula is C11H16N2O3S2. The van der Waals surface area contributed by atoms with E-state index >= 15 is 0 Å². The number of thiophene rings is 1. The summed E-state index contributed by atoms with van der Waals surface area (Å²) in [7, 11) is -2.92. The minimum atomic E-state index is -2.92. The van der Waals surface area contributed by atoms with E-state index in [0.717, 1.165) is 5.00 Å². The number of carbonyl (C=O) groups is 1. The molecule has 1 aromatic heterocycles. The van der Waals surface area contributed by atoms with Gasteiger partial charge in [0.2, 0.25) is 0 Å². The molecule has 1 aliphatic heterocycles. The first-order valence-corrected chi connectivity index (χ1v) is 8.38. The number of anilines is 2. The molecule has 0 unspecified atom stereocenters. The van der Waals surface area contributed by atoms with Crippen LogP contribution in [0.2, 0.25) is 0 Å². The topological polar surface area (TPSA) is 80.5 Å². The van der Waals surface area contributed by atoms with Gasteiger partial charge >= 0.3 is 0 Å². The van der Waals surface area contributed by atoms with E-state index in [4.69, 9.17) is 5.73 Å². The van der Waals surface area contributed by atoms with Crippen LogP contribution in [-0.2, 0) is 9.84 Å². The highest BCUT2D eigenvalue weighted by Crippen LogP contribution is 2.33. The van der Waals surface area contributed by atoms with Crippen LogP contribution in [0, 0.1) is 0 Å². The predicted octanol–water partition coefficient (Wildman–Crippen LogP) is 1.16. The average molecular weight is 288 g/mol. The van der Waals surface area contributed by atoms with Crippen molar-refractivity contribution in [1.29, 1.82) is 0 Å². The molecule has 2 rings (SSSR count). The molecule has 1 aromatic rings. The maximum absolute atomic E-state index is 11.5. The molecule has 0 spiro atoms. The Balaban J connectivity index is 2.22. The minimum absolute atomic E-state index is 0.0498. The molecular weight excluding hydrogens is 272 g/mol. The van der Waals surface area contributed by atoms with Gasteiger partial charge in [-0.1, -0.05) is 0 Å². The summed E-state index contributed by atoms with van der Waals surface area (Å²) in [4.78, 5) is 13.9. The zero-order valence-electron chi connectivity index (χ0n) is 10.2. The summed E-state index contributed by atoms with van der Waals surface area (Å²) in [6.07, 6.45) is 0.621. The molecule has 0 aromatic carbocycles. The Morgan fingerprint density at radius 3 is 2.72 bits per heavy atom. The van der Waals surface area contributed by atoms with E-state index in [9.17, 15) is 13.2 Å². The molecule has 1 saturated heterocycles. The third kappa shape index (κ3) is 2.84.